The quantitative estimate of drug-likeness (QED) is 0.457. The molecule has 1 aliphatic rings. The summed E-state index contributed by atoms with van der Waals surface area (Å²) in [7, 11) is -8.16. The molecule has 0 heterocycles. The number of phenolic OH excluding ortho intramolecular Hbond substituents is 2. The van der Waals surface area contributed by atoms with Crippen LogP contribution in [0.3, 0.4) is 0 Å². The molecule has 32 heavy (non-hydrogen) atoms. The smallest absolute Gasteiger partial charge is 0.244 e. The number of phenols is 2. The highest BCUT2D eigenvalue weighted by molar-refractivity contribution is 7.90. The largest absolute Gasteiger partial charge is 0.507 e. The van der Waals surface area contributed by atoms with E-state index < -0.39 is 32.1 Å². The van der Waals surface area contributed by atoms with E-state index in [4.69, 9.17) is 0 Å². The maximum Gasteiger partial charge on any atom is 0.244 e. The Morgan fingerprint density at radius 2 is 1.12 bits per heavy atom. The van der Waals surface area contributed by atoms with Gasteiger partial charge in [-0.2, -0.15) is 0 Å². The highest BCUT2D eigenvalue weighted by Gasteiger charge is 2.34. The van der Waals surface area contributed by atoms with Gasteiger partial charge in [-0.1, -0.05) is 38.8 Å². The van der Waals surface area contributed by atoms with Crippen molar-refractivity contribution in [2.45, 2.75) is 74.2 Å². The van der Waals surface area contributed by atoms with Crippen molar-refractivity contribution in [2.24, 2.45) is 0 Å². The van der Waals surface area contributed by atoms with Crippen molar-refractivity contribution in [1.29, 1.82) is 0 Å². The van der Waals surface area contributed by atoms with Gasteiger partial charge in [-0.25, -0.2) is 26.3 Å². The summed E-state index contributed by atoms with van der Waals surface area (Å²) in [4.78, 5) is -0.449. The minimum atomic E-state index is -4.08. The van der Waals surface area contributed by atoms with Crippen LogP contribution in [0.15, 0.2) is 46.2 Å². The Morgan fingerprint density at radius 3 is 1.47 bits per heavy atom. The average Bonchev–Trinajstić information content (AvgIpc) is 2.75. The molecule has 1 aliphatic carbocycles. The predicted octanol–water partition coefficient (Wildman–Crippen LogP) is 2.79. The first kappa shape index (κ1) is 24.5. The van der Waals surface area contributed by atoms with Crippen LogP contribution < -0.4 is 9.44 Å². The lowest BCUT2D eigenvalue weighted by Crippen LogP contribution is -2.53. The lowest BCUT2D eigenvalue weighted by Gasteiger charge is -2.32. The van der Waals surface area contributed by atoms with E-state index in [9.17, 15) is 27.0 Å². The van der Waals surface area contributed by atoms with Gasteiger partial charge >= 0.3 is 0 Å². The van der Waals surface area contributed by atoms with Crippen LogP contribution in [0.5, 0.6) is 11.5 Å². The van der Waals surface area contributed by atoms with E-state index in [1.54, 1.807) is 12.1 Å². The molecule has 10 heteroatoms. The van der Waals surface area contributed by atoms with Crippen molar-refractivity contribution in [1.82, 2.24) is 9.44 Å². The zero-order chi connectivity index (χ0) is 23.5. The summed E-state index contributed by atoms with van der Waals surface area (Å²) in [6, 6.07) is 7.47. The third kappa shape index (κ3) is 5.43. The summed E-state index contributed by atoms with van der Waals surface area (Å²) in [6.07, 6.45) is 3.58. The fourth-order valence-corrected chi connectivity index (χ4v) is 6.84. The minimum Gasteiger partial charge on any atom is -0.507 e. The van der Waals surface area contributed by atoms with Gasteiger partial charge in [0.25, 0.3) is 0 Å². The Balaban J connectivity index is 1.87. The lowest BCUT2D eigenvalue weighted by atomic mass is 9.92. The van der Waals surface area contributed by atoms with E-state index in [0.717, 1.165) is 24.0 Å². The molecule has 0 aliphatic heterocycles. The van der Waals surface area contributed by atoms with Crippen molar-refractivity contribution >= 4 is 20.0 Å². The SMILES string of the molecule is CCc1ccc(O)c(S(=O)(=O)N[C@@H]2CCCC[C@H]2NS(=O)(=O)c2cc(CC)ccc2O)c1. The first-order valence-electron chi connectivity index (χ1n) is 10.8. The topological polar surface area (TPSA) is 133 Å². The third-order valence-electron chi connectivity index (χ3n) is 5.82. The molecular weight excluding hydrogens is 452 g/mol. The van der Waals surface area contributed by atoms with Crippen molar-refractivity contribution in [3.05, 3.63) is 47.5 Å². The molecule has 8 nitrogen and oxygen atoms in total. The normalized spacial score (nSPS) is 19.7. The molecule has 2 aromatic carbocycles. The molecular formula is C22H30N2O6S2. The fourth-order valence-electron chi connectivity index (χ4n) is 3.93. The van der Waals surface area contributed by atoms with E-state index in [-0.39, 0.29) is 21.3 Å². The molecule has 0 amide bonds. The third-order valence-corrected chi connectivity index (χ3v) is 8.86. The second-order valence-electron chi connectivity index (χ2n) is 8.05. The van der Waals surface area contributed by atoms with Crippen LogP contribution in [0.4, 0.5) is 0 Å². The summed E-state index contributed by atoms with van der Waals surface area (Å²) in [5, 5.41) is 20.2. The second-order valence-corrected chi connectivity index (χ2v) is 11.4. The number of hydrogen-bond donors (Lipinski definition) is 4. The highest BCUT2D eigenvalue weighted by atomic mass is 32.2. The molecule has 0 bridgehead atoms. The van der Waals surface area contributed by atoms with Gasteiger partial charge in [0.1, 0.15) is 21.3 Å². The maximum absolute atomic E-state index is 13.0. The van der Waals surface area contributed by atoms with Crippen molar-refractivity contribution < 1.29 is 27.0 Å². The molecule has 1 fully saturated rings. The number of aromatic hydroxyl groups is 2. The van der Waals surface area contributed by atoms with Crippen LogP contribution in [-0.2, 0) is 32.9 Å². The van der Waals surface area contributed by atoms with Gasteiger partial charge in [0, 0.05) is 12.1 Å². The monoisotopic (exact) mass is 482 g/mol. The zero-order valence-electron chi connectivity index (χ0n) is 18.2. The van der Waals surface area contributed by atoms with E-state index in [0.29, 0.717) is 25.7 Å². The van der Waals surface area contributed by atoms with Gasteiger partial charge in [0.15, 0.2) is 0 Å². The van der Waals surface area contributed by atoms with Gasteiger partial charge in [-0.05, 0) is 61.1 Å². The van der Waals surface area contributed by atoms with Crippen LogP contribution in [0.2, 0.25) is 0 Å². The van der Waals surface area contributed by atoms with E-state index in [1.807, 2.05) is 13.8 Å². The molecule has 2 atom stereocenters. The van der Waals surface area contributed by atoms with Crippen LogP contribution in [0.1, 0.15) is 50.7 Å². The fraction of sp³-hybridized carbons (Fsp3) is 0.455. The number of hydrogen-bond acceptors (Lipinski definition) is 6. The Labute approximate surface area is 189 Å². The number of rotatable bonds is 8. The summed E-state index contributed by atoms with van der Waals surface area (Å²) in [6.45, 7) is 3.76. The first-order chi connectivity index (χ1) is 15.1. The highest BCUT2D eigenvalue weighted by Crippen LogP contribution is 2.29. The number of nitrogens with one attached hydrogen (secondary N) is 2. The molecule has 4 N–H and O–H groups in total. The Kier molecular flexibility index (Phi) is 7.49. The molecule has 1 saturated carbocycles. The number of benzene rings is 2. The van der Waals surface area contributed by atoms with Crippen LogP contribution in [0, 0.1) is 0 Å². The summed E-state index contributed by atoms with van der Waals surface area (Å²) in [5.41, 5.74) is 1.52. The van der Waals surface area contributed by atoms with Crippen LogP contribution in [0.25, 0.3) is 0 Å². The van der Waals surface area contributed by atoms with Gasteiger partial charge in [-0.3, -0.25) is 0 Å². The Hall–Kier alpha value is -2.14. The van der Waals surface area contributed by atoms with Crippen molar-refractivity contribution in [3.63, 3.8) is 0 Å². The standard InChI is InChI=1S/C22H30N2O6S2/c1-3-15-9-11-19(25)21(13-15)31(27,28)23-17-7-5-6-8-18(17)24-32(29,30)22-14-16(4-2)10-12-20(22)26/h9-14,17-18,23-26H,3-8H2,1-2H3/t17-,18-/m1/s1. The van der Waals surface area contributed by atoms with Crippen LogP contribution in [-0.4, -0.2) is 39.1 Å². The summed E-state index contributed by atoms with van der Waals surface area (Å²) < 4.78 is 57.3. The first-order valence-corrected chi connectivity index (χ1v) is 13.7. The molecule has 0 aromatic heterocycles. The second kappa shape index (κ2) is 9.78. The Morgan fingerprint density at radius 1 is 0.750 bits per heavy atom. The lowest BCUT2D eigenvalue weighted by molar-refractivity contribution is 0.339. The minimum absolute atomic E-state index is 0.225. The molecule has 0 unspecified atom stereocenters. The summed E-state index contributed by atoms with van der Waals surface area (Å²) in [5.74, 6) is -0.715. The molecule has 0 radical (unpaired) electrons. The molecule has 3 rings (SSSR count). The van der Waals surface area contributed by atoms with Crippen LogP contribution >= 0.6 is 0 Å². The molecule has 2 aromatic rings. The number of aryl methyl sites for hydroxylation is 2. The van der Waals surface area contributed by atoms with Gasteiger partial charge < -0.3 is 10.2 Å². The van der Waals surface area contributed by atoms with E-state index in [1.165, 1.54) is 24.3 Å². The molecule has 0 saturated heterocycles. The van der Waals surface area contributed by atoms with Crippen molar-refractivity contribution in [2.75, 3.05) is 0 Å². The predicted molar refractivity (Wildman–Crippen MR) is 122 cm³/mol. The van der Waals surface area contributed by atoms with Gasteiger partial charge in [0.2, 0.25) is 20.0 Å². The molecule has 0 spiro atoms. The summed E-state index contributed by atoms with van der Waals surface area (Å²) >= 11 is 0. The zero-order valence-corrected chi connectivity index (χ0v) is 19.8. The van der Waals surface area contributed by atoms with Gasteiger partial charge in [-0.15, -0.1) is 0 Å². The van der Waals surface area contributed by atoms with Gasteiger partial charge in [0.05, 0.1) is 0 Å². The maximum atomic E-state index is 13.0. The molecule has 176 valence electrons. The average molecular weight is 483 g/mol. The van der Waals surface area contributed by atoms with Crippen molar-refractivity contribution in [3.8, 4) is 11.5 Å². The Bertz CT molecular complexity index is 1090. The number of sulfonamides is 2. The van der Waals surface area contributed by atoms with E-state index in [2.05, 4.69) is 9.44 Å². The van der Waals surface area contributed by atoms with E-state index >= 15 is 0 Å².